The Balaban J connectivity index is 1.81. The van der Waals surface area contributed by atoms with Crippen molar-refractivity contribution in [1.82, 2.24) is 20.0 Å². The van der Waals surface area contributed by atoms with Gasteiger partial charge in [-0.3, -0.25) is 9.59 Å². The molecule has 0 aliphatic carbocycles. The number of hydrogen-bond acceptors (Lipinski definition) is 4. The second kappa shape index (κ2) is 8.08. The van der Waals surface area contributed by atoms with Gasteiger partial charge in [0, 0.05) is 52.5 Å². The Labute approximate surface area is 165 Å². The number of carbonyl (C=O) groups excluding carboxylic acids is 3. The highest BCUT2D eigenvalue weighted by molar-refractivity contribution is 5.84. The molecule has 0 bridgehead atoms. The van der Waals surface area contributed by atoms with E-state index >= 15 is 0 Å². The number of nitrogens with one attached hydrogen (secondary N) is 1. The number of amides is 4. The third kappa shape index (κ3) is 3.90. The van der Waals surface area contributed by atoms with Gasteiger partial charge in [-0.15, -0.1) is 0 Å². The first-order valence-corrected chi connectivity index (χ1v) is 9.46. The molecule has 8 nitrogen and oxygen atoms in total. The summed E-state index contributed by atoms with van der Waals surface area (Å²) in [5.74, 6) is 0.855. The van der Waals surface area contributed by atoms with E-state index in [0.717, 1.165) is 11.3 Å². The predicted octanol–water partition coefficient (Wildman–Crippen LogP) is 0.944. The molecular weight excluding hydrogens is 360 g/mol. The lowest BCUT2D eigenvalue weighted by molar-refractivity contribution is -0.131. The second-order valence-electron chi connectivity index (χ2n) is 7.68. The van der Waals surface area contributed by atoms with Gasteiger partial charge in [0.2, 0.25) is 11.8 Å². The first-order chi connectivity index (χ1) is 13.3. The summed E-state index contributed by atoms with van der Waals surface area (Å²) < 4.78 is 5.25. The highest BCUT2D eigenvalue weighted by Gasteiger charge is 2.50. The number of methoxy groups -OCH3 is 1. The third-order valence-corrected chi connectivity index (χ3v) is 5.59. The Morgan fingerprint density at radius 1 is 1.14 bits per heavy atom. The summed E-state index contributed by atoms with van der Waals surface area (Å²) in [5, 5.41) is 2.57. The molecule has 0 aromatic heterocycles. The largest absolute Gasteiger partial charge is 0.497 e. The summed E-state index contributed by atoms with van der Waals surface area (Å²) >= 11 is 0. The van der Waals surface area contributed by atoms with E-state index < -0.39 is 0 Å². The van der Waals surface area contributed by atoms with Gasteiger partial charge in [-0.1, -0.05) is 12.1 Å². The first kappa shape index (κ1) is 20.0. The average molecular weight is 388 g/mol. The van der Waals surface area contributed by atoms with Crippen molar-refractivity contribution in [3.8, 4) is 5.75 Å². The van der Waals surface area contributed by atoms with E-state index in [1.165, 1.54) is 6.92 Å². The Morgan fingerprint density at radius 3 is 2.39 bits per heavy atom. The molecule has 28 heavy (non-hydrogen) atoms. The van der Waals surface area contributed by atoms with Crippen LogP contribution in [0, 0.1) is 11.8 Å². The molecule has 0 spiro atoms. The molecule has 3 atom stereocenters. The van der Waals surface area contributed by atoms with E-state index in [0.29, 0.717) is 19.6 Å². The molecule has 0 unspecified atom stereocenters. The fraction of sp³-hybridized carbons (Fsp3) is 0.550. The molecular formula is C20H28N4O4. The molecule has 3 rings (SSSR count). The smallest absolute Gasteiger partial charge is 0.320 e. The van der Waals surface area contributed by atoms with Gasteiger partial charge >= 0.3 is 6.03 Å². The van der Waals surface area contributed by atoms with E-state index in [-0.39, 0.29) is 42.3 Å². The van der Waals surface area contributed by atoms with Crippen LogP contribution in [0.1, 0.15) is 18.5 Å². The number of likely N-dealkylation sites (tertiary alicyclic amines) is 2. The Kier molecular flexibility index (Phi) is 5.76. The second-order valence-corrected chi connectivity index (χ2v) is 7.68. The van der Waals surface area contributed by atoms with Crippen molar-refractivity contribution in [1.29, 1.82) is 0 Å². The van der Waals surface area contributed by atoms with Crippen LogP contribution in [0.4, 0.5) is 4.79 Å². The number of rotatable bonds is 4. The van der Waals surface area contributed by atoms with Crippen molar-refractivity contribution < 1.29 is 19.1 Å². The topological polar surface area (TPSA) is 82.2 Å². The maximum atomic E-state index is 12.8. The number of benzene rings is 1. The van der Waals surface area contributed by atoms with Crippen molar-refractivity contribution in [2.24, 2.45) is 11.8 Å². The zero-order valence-corrected chi connectivity index (χ0v) is 16.8. The SMILES string of the molecule is COc1ccc([C@H]2[C@@H]3CN(C(=O)CNC(C)=O)C[C@@H]3CN2C(=O)N(C)C)cc1. The zero-order valence-electron chi connectivity index (χ0n) is 16.8. The first-order valence-electron chi connectivity index (χ1n) is 9.46. The number of ether oxygens (including phenoxy) is 1. The summed E-state index contributed by atoms with van der Waals surface area (Å²) in [7, 11) is 5.13. The molecule has 4 amide bonds. The van der Waals surface area contributed by atoms with E-state index in [1.54, 1.807) is 31.0 Å². The van der Waals surface area contributed by atoms with E-state index in [4.69, 9.17) is 4.74 Å². The van der Waals surface area contributed by atoms with E-state index in [9.17, 15) is 14.4 Å². The quantitative estimate of drug-likeness (QED) is 0.832. The van der Waals surface area contributed by atoms with Crippen LogP contribution in [0.3, 0.4) is 0 Å². The molecule has 1 aromatic carbocycles. The van der Waals surface area contributed by atoms with Crippen molar-refractivity contribution >= 4 is 17.8 Å². The summed E-state index contributed by atoms with van der Waals surface area (Å²) in [5.41, 5.74) is 1.04. The van der Waals surface area contributed by atoms with Gasteiger partial charge in [0.25, 0.3) is 0 Å². The molecule has 152 valence electrons. The summed E-state index contributed by atoms with van der Waals surface area (Å²) in [6.45, 7) is 3.21. The standard InChI is InChI=1S/C20H28N4O4/c1-13(25)21-9-18(26)23-10-15-11-24(20(27)22(2)3)19(17(15)12-23)14-5-7-16(28-4)8-6-14/h5-8,15,17,19H,9-12H2,1-4H3,(H,21,25)/t15-,17-,19+/m1/s1. The Hall–Kier alpha value is -2.77. The molecule has 0 radical (unpaired) electrons. The normalized spacial score (nSPS) is 23.4. The van der Waals surface area contributed by atoms with Crippen molar-refractivity contribution in [3.63, 3.8) is 0 Å². The van der Waals surface area contributed by atoms with Crippen LogP contribution in [0.25, 0.3) is 0 Å². The molecule has 2 fully saturated rings. The molecule has 2 aliphatic heterocycles. The lowest BCUT2D eigenvalue weighted by Gasteiger charge is -2.32. The zero-order chi connectivity index (χ0) is 20.4. The number of carbonyl (C=O) groups is 3. The fourth-order valence-electron chi connectivity index (χ4n) is 4.24. The molecule has 8 heteroatoms. The summed E-state index contributed by atoms with van der Waals surface area (Å²) in [6, 6.07) is 7.66. The maximum absolute atomic E-state index is 12.8. The summed E-state index contributed by atoms with van der Waals surface area (Å²) in [6.07, 6.45) is 0. The van der Waals surface area contributed by atoms with Crippen LogP contribution in [-0.4, -0.2) is 79.9 Å². The number of fused-ring (bicyclic) bond motifs is 1. The predicted molar refractivity (Wildman–Crippen MR) is 104 cm³/mol. The van der Waals surface area contributed by atoms with Crippen LogP contribution in [-0.2, 0) is 9.59 Å². The van der Waals surface area contributed by atoms with Crippen molar-refractivity contribution in [3.05, 3.63) is 29.8 Å². The molecule has 2 saturated heterocycles. The summed E-state index contributed by atoms with van der Waals surface area (Å²) in [4.78, 5) is 41.6. The van der Waals surface area contributed by atoms with E-state index in [1.807, 2.05) is 29.2 Å². The van der Waals surface area contributed by atoms with Crippen LogP contribution in [0.5, 0.6) is 5.75 Å². The Morgan fingerprint density at radius 2 is 1.82 bits per heavy atom. The minimum atomic E-state index is -0.216. The molecule has 0 saturated carbocycles. The van der Waals surface area contributed by atoms with Gasteiger partial charge in [-0.2, -0.15) is 0 Å². The van der Waals surface area contributed by atoms with Crippen LogP contribution >= 0.6 is 0 Å². The van der Waals surface area contributed by atoms with Crippen molar-refractivity contribution in [2.75, 3.05) is 47.4 Å². The van der Waals surface area contributed by atoms with E-state index in [2.05, 4.69) is 5.32 Å². The van der Waals surface area contributed by atoms with Gasteiger partial charge in [-0.25, -0.2) is 4.79 Å². The lowest BCUT2D eigenvalue weighted by atomic mass is 9.89. The van der Waals surface area contributed by atoms with Gasteiger partial charge in [0.05, 0.1) is 19.7 Å². The number of urea groups is 1. The van der Waals surface area contributed by atoms with Gasteiger partial charge < -0.3 is 24.8 Å². The Bertz CT molecular complexity index is 749. The highest BCUT2D eigenvalue weighted by Crippen LogP contribution is 2.45. The molecule has 2 aliphatic rings. The third-order valence-electron chi connectivity index (χ3n) is 5.59. The minimum absolute atomic E-state index is 0.0162. The number of nitrogens with zero attached hydrogens (tertiary/aromatic N) is 3. The molecule has 1 aromatic rings. The molecule has 1 N–H and O–H groups in total. The average Bonchev–Trinajstić information content (AvgIpc) is 3.23. The van der Waals surface area contributed by atoms with Crippen LogP contribution in [0.2, 0.25) is 0 Å². The monoisotopic (exact) mass is 388 g/mol. The van der Waals surface area contributed by atoms with Crippen molar-refractivity contribution in [2.45, 2.75) is 13.0 Å². The van der Waals surface area contributed by atoms with Gasteiger partial charge in [0.1, 0.15) is 5.75 Å². The number of hydrogen-bond donors (Lipinski definition) is 1. The highest BCUT2D eigenvalue weighted by atomic mass is 16.5. The van der Waals surface area contributed by atoms with Gasteiger partial charge in [0.15, 0.2) is 0 Å². The lowest BCUT2D eigenvalue weighted by Crippen LogP contribution is -2.43. The fourth-order valence-corrected chi connectivity index (χ4v) is 4.24. The minimum Gasteiger partial charge on any atom is -0.497 e. The molecule has 2 heterocycles. The maximum Gasteiger partial charge on any atom is 0.320 e. The van der Waals surface area contributed by atoms with Crippen LogP contribution in [0.15, 0.2) is 24.3 Å². The van der Waals surface area contributed by atoms with Crippen LogP contribution < -0.4 is 10.1 Å². The van der Waals surface area contributed by atoms with Gasteiger partial charge in [-0.05, 0) is 17.7 Å².